The predicted octanol–water partition coefficient (Wildman–Crippen LogP) is 1.93. The first-order chi connectivity index (χ1) is 5.25. The molecule has 0 aromatic heterocycles. The summed E-state index contributed by atoms with van der Waals surface area (Å²) in [5.41, 5.74) is 0.379. The number of halogens is 1. The number of amides is 1. The molecule has 0 aliphatic heterocycles. The molecular weight excluding hydrogens is 182 g/mol. The van der Waals surface area contributed by atoms with Crippen LogP contribution in [-0.4, -0.2) is 5.91 Å². The number of hydrogen-bond donors (Lipinski definition) is 1. The Hall–Kier alpha value is -0.510. The van der Waals surface area contributed by atoms with E-state index in [1.807, 2.05) is 0 Å². The standard InChI is InChI=1S/C7H5ClNOS/c8-6-4-2-1-3-5(6)7(10)9-11/h1-4,11H/q+1. The maximum atomic E-state index is 10.9. The zero-order valence-corrected chi connectivity index (χ0v) is 7.14. The summed E-state index contributed by atoms with van der Waals surface area (Å²) in [5.74, 6) is -0.418. The van der Waals surface area contributed by atoms with Gasteiger partial charge in [0.25, 0.3) is 0 Å². The molecule has 0 aliphatic rings. The van der Waals surface area contributed by atoms with Crippen molar-refractivity contribution in [2.75, 3.05) is 0 Å². The van der Waals surface area contributed by atoms with E-state index in [4.69, 9.17) is 11.6 Å². The zero-order valence-electron chi connectivity index (χ0n) is 5.49. The molecule has 1 amide bonds. The number of hydrogen-bond acceptors (Lipinski definition) is 2. The summed E-state index contributed by atoms with van der Waals surface area (Å²) in [7, 11) is 0. The van der Waals surface area contributed by atoms with Crippen LogP contribution < -0.4 is 4.72 Å². The van der Waals surface area contributed by atoms with Crippen LogP contribution in [0, 0.1) is 0 Å². The molecule has 0 N–H and O–H groups in total. The maximum Gasteiger partial charge on any atom is 0.470 e. The van der Waals surface area contributed by atoms with E-state index in [1.165, 1.54) is 0 Å². The van der Waals surface area contributed by atoms with Crippen LogP contribution in [0.25, 0.3) is 0 Å². The second-order valence-corrected chi connectivity index (χ2v) is 2.49. The van der Waals surface area contributed by atoms with Gasteiger partial charge in [-0.25, -0.2) is 4.79 Å². The van der Waals surface area contributed by atoms with Gasteiger partial charge < -0.3 is 0 Å². The van der Waals surface area contributed by atoms with Crippen molar-refractivity contribution in [2.45, 2.75) is 0 Å². The fourth-order valence-corrected chi connectivity index (χ4v) is 1.01. The second kappa shape index (κ2) is 3.76. The quantitative estimate of drug-likeness (QED) is 0.668. The first-order valence-electron chi connectivity index (χ1n) is 2.89. The van der Waals surface area contributed by atoms with Crippen LogP contribution in [0.2, 0.25) is 5.02 Å². The van der Waals surface area contributed by atoms with Gasteiger partial charge in [0, 0.05) is 0 Å². The summed E-state index contributed by atoms with van der Waals surface area (Å²) in [6, 6.07) is 6.70. The Balaban J connectivity index is 3.03. The van der Waals surface area contributed by atoms with Gasteiger partial charge in [-0.1, -0.05) is 23.7 Å². The molecule has 0 unspecified atom stereocenters. The Labute approximate surface area is 75.1 Å². The molecule has 0 atom stereocenters. The summed E-state index contributed by atoms with van der Waals surface area (Å²) >= 11 is 9.17. The van der Waals surface area contributed by atoms with Crippen molar-refractivity contribution in [3.8, 4) is 0 Å². The van der Waals surface area contributed by atoms with Crippen LogP contribution in [0.1, 0.15) is 10.4 Å². The minimum absolute atomic E-state index is 0.379. The van der Waals surface area contributed by atoms with Gasteiger partial charge in [0.2, 0.25) is 4.72 Å². The molecule has 11 heavy (non-hydrogen) atoms. The molecule has 0 aliphatic carbocycles. The van der Waals surface area contributed by atoms with Gasteiger partial charge >= 0.3 is 5.91 Å². The predicted molar refractivity (Wildman–Crippen MR) is 46.9 cm³/mol. The number of thiol groups is 1. The molecule has 1 rings (SSSR count). The van der Waals surface area contributed by atoms with Gasteiger partial charge in [-0.15, -0.1) is 0 Å². The summed E-state index contributed by atoms with van der Waals surface area (Å²) in [6.45, 7) is 0. The Morgan fingerprint density at radius 1 is 1.45 bits per heavy atom. The van der Waals surface area contributed by atoms with Gasteiger partial charge in [0.05, 0.1) is 5.02 Å². The number of carbonyl (C=O) groups is 1. The topological polar surface area (TPSA) is 31.2 Å². The summed E-state index contributed by atoms with van der Waals surface area (Å²) in [6.07, 6.45) is 0. The molecule has 0 saturated carbocycles. The average Bonchev–Trinajstić information content (AvgIpc) is 2.04. The monoisotopic (exact) mass is 186 g/mol. The van der Waals surface area contributed by atoms with Crippen molar-refractivity contribution in [2.24, 2.45) is 0 Å². The van der Waals surface area contributed by atoms with E-state index in [1.54, 1.807) is 24.3 Å². The number of benzene rings is 1. The SMILES string of the molecule is O=C([N+]S)c1ccccc1Cl. The highest BCUT2D eigenvalue weighted by atomic mass is 35.5. The van der Waals surface area contributed by atoms with Gasteiger partial charge in [0.15, 0.2) is 12.8 Å². The molecule has 0 saturated heterocycles. The molecule has 0 heterocycles. The smallest absolute Gasteiger partial charge is 0.212 e. The van der Waals surface area contributed by atoms with Crippen molar-refractivity contribution in [1.82, 2.24) is 4.72 Å². The highest BCUT2D eigenvalue weighted by Gasteiger charge is 2.20. The Kier molecular flexibility index (Phi) is 2.93. The highest BCUT2D eigenvalue weighted by Crippen LogP contribution is 2.14. The van der Waals surface area contributed by atoms with Gasteiger partial charge in [0.1, 0.15) is 5.56 Å². The van der Waals surface area contributed by atoms with E-state index in [2.05, 4.69) is 17.5 Å². The first kappa shape index (κ1) is 8.59. The van der Waals surface area contributed by atoms with Crippen molar-refractivity contribution < 1.29 is 4.79 Å². The molecule has 1 aromatic rings. The van der Waals surface area contributed by atoms with Crippen molar-refractivity contribution in [3.05, 3.63) is 34.9 Å². The number of carbonyl (C=O) groups excluding carboxylic acids is 1. The van der Waals surface area contributed by atoms with Crippen LogP contribution >= 0.6 is 24.4 Å². The lowest BCUT2D eigenvalue weighted by atomic mass is 10.2. The van der Waals surface area contributed by atoms with Crippen molar-refractivity contribution in [3.63, 3.8) is 0 Å². The van der Waals surface area contributed by atoms with Gasteiger partial charge in [-0.05, 0) is 12.1 Å². The van der Waals surface area contributed by atoms with E-state index < -0.39 is 5.91 Å². The molecule has 0 fully saturated rings. The van der Waals surface area contributed by atoms with Crippen molar-refractivity contribution in [1.29, 1.82) is 0 Å². The van der Waals surface area contributed by atoms with E-state index in [9.17, 15) is 4.79 Å². The van der Waals surface area contributed by atoms with Crippen molar-refractivity contribution >= 4 is 30.3 Å². The lowest BCUT2D eigenvalue weighted by Crippen LogP contribution is -2.06. The third-order valence-electron chi connectivity index (χ3n) is 1.20. The molecule has 56 valence electrons. The fourth-order valence-electron chi connectivity index (χ4n) is 0.689. The Morgan fingerprint density at radius 2 is 2.09 bits per heavy atom. The largest absolute Gasteiger partial charge is 0.470 e. The van der Waals surface area contributed by atoms with E-state index in [0.717, 1.165) is 0 Å². The zero-order chi connectivity index (χ0) is 8.27. The minimum atomic E-state index is -0.418. The van der Waals surface area contributed by atoms with E-state index >= 15 is 0 Å². The lowest BCUT2D eigenvalue weighted by molar-refractivity contribution is 0.0982. The molecule has 4 heteroatoms. The molecule has 0 bridgehead atoms. The average molecular weight is 187 g/mol. The third-order valence-corrected chi connectivity index (χ3v) is 1.71. The summed E-state index contributed by atoms with van der Waals surface area (Å²) in [5, 5.41) is 0.398. The highest BCUT2D eigenvalue weighted by molar-refractivity contribution is 7.78. The fraction of sp³-hybridized carbons (Fsp3) is 0. The van der Waals surface area contributed by atoms with E-state index in [-0.39, 0.29) is 0 Å². The minimum Gasteiger partial charge on any atom is -0.212 e. The van der Waals surface area contributed by atoms with Gasteiger partial charge in [-0.2, -0.15) is 0 Å². The number of nitrogens with zero attached hydrogens (tertiary/aromatic N) is 1. The van der Waals surface area contributed by atoms with E-state index in [0.29, 0.717) is 10.6 Å². The number of rotatable bonds is 1. The molecular formula is C7H5ClNOS+. The van der Waals surface area contributed by atoms with Gasteiger partial charge in [-0.3, -0.25) is 0 Å². The molecule has 1 aromatic carbocycles. The van der Waals surface area contributed by atoms with Crippen LogP contribution in [-0.2, 0) is 0 Å². The maximum absolute atomic E-state index is 10.9. The Morgan fingerprint density at radius 3 is 2.64 bits per heavy atom. The third kappa shape index (κ3) is 1.96. The summed E-state index contributed by atoms with van der Waals surface area (Å²) < 4.78 is 3.19. The van der Waals surface area contributed by atoms with Crippen LogP contribution in [0.15, 0.2) is 24.3 Å². The molecule has 0 spiro atoms. The van der Waals surface area contributed by atoms with Crippen LogP contribution in [0.5, 0.6) is 0 Å². The van der Waals surface area contributed by atoms with Crippen LogP contribution in [0.4, 0.5) is 0 Å². The Bertz CT molecular complexity index is 277. The summed E-state index contributed by atoms with van der Waals surface area (Å²) in [4.78, 5) is 10.9. The lowest BCUT2D eigenvalue weighted by Gasteiger charge is -1.90. The first-order valence-corrected chi connectivity index (χ1v) is 3.67. The normalized spacial score (nSPS) is 9.64. The van der Waals surface area contributed by atoms with Crippen LogP contribution in [0.3, 0.4) is 0 Å². The molecule has 2 radical (unpaired) electrons. The molecule has 2 nitrogen and oxygen atoms in total. The second-order valence-electron chi connectivity index (χ2n) is 1.88.